The van der Waals surface area contributed by atoms with Crippen LogP contribution in [-0.4, -0.2) is 77.3 Å². The Balaban J connectivity index is 1.10. The molecule has 6 rings (SSSR count). The highest BCUT2D eigenvalue weighted by Gasteiger charge is 2.42. The van der Waals surface area contributed by atoms with Crippen molar-refractivity contribution in [1.29, 1.82) is 0 Å². The maximum atomic E-state index is 12.1. The second kappa shape index (κ2) is 14.9. The normalized spacial score (nSPS) is 18.3. The van der Waals surface area contributed by atoms with E-state index in [0.29, 0.717) is 34.3 Å². The van der Waals surface area contributed by atoms with Crippen molar-refractivity contribution in [3.8, 4) is 11.3 Å². The van der Waals surface area contributed by atoms with E-state index < -0.39 is 5.60 Å². The van der Waals surface area contributed by atoms with Gasteiger partial charge in [-0.25, -0.2) is 9.78 Å². The van der Waals surface area contributed by atoms with Crippen molar-refractivity contribution in [3.63, 3.8) is 0 Å². The molecule has 2 saturated heterocycles. The van der Waals surface area contributed by atoms with Gasteiger partial charge in [0.1, 0.15) is 11.4 Å². The van der Waals surface area contributed by atoms with Gasteiger partial charge in [0.2, 0.25) is 0 Å². The summed E-state index contributed by atoms with van der Waals surface area (Å²) < 4.78 is 5.41. The molecule has 8 nitrogen and oxygen atoms in total. The van der Waals surface area contributed by atoms with E-state index in [1.54, 1.807) is 6.07 Å². The Kier molecular flexibility index (Phi) is 10.8. The number of pyridine rings is 2. The maximum Gasteiger partial charge on any atom is 0.407 e. The van der Waals surface area contributed by atoms with E-state index in [0.717, 1.165) is 87.0 Å². The number of alkyl carbamates (subject to hydrolysis) is 1. The van der Waals surface area contributed by atoms with Crippen LogP contribution in [0, 0.1) is 11.3 Å². The smallest absolute Gasteiger partial charge is 0.407 e. The molecule has 1 N–H and O–H groups in total. The molecule has 0 spiro atoms. The molecule has 262 valence electrons. The molecule has 0 radical (unpaired) electrons. The quantitative estimate of drug-likeness (QED) is 0.228. The number of allylic oxidation sites excluding steroid dienone is 1. The number of carbonyl (C=O) groups is 1. The van der Waals surface area contributed by atoms with Gasteiger partial charge in [-0.3, -0.25) is 9.88 Å². The molecule has 3 aromatic rings. The SMILES string of the molecule is C=C(N1CCN(c2ccc(Cc3cc(CN4CCC(CNC(=O)OC(C)(C)C)CC4)cc(-c4cc(Cl)cc(Cl)c4)n3)cn2)CC1)C1(C)CC1. The predicted octanol–water partition coefficient (Wildman–Crippen LogP) is 8.21. The standard InChI is InChI=1S/C39H50Cl2N6O2/c1-27(39(5)10-11-39)46-14-16-47(17-15-46)36-7-6-29(25-42-36)18-34-19-30(20-35(44-34)31-21-32(40)23-33(41)22-31)26-45-12-8-28(9-13-45)24-43-37(48)49-38(2,3)4/h6-7,19-23,25,28H,1,8-18,24,26H2,2-5H3,(H,43,48). The molecule has 4 heterocycles. The number of carbonyl (C=O) groups excluding carboxylic acids is 1. The zero-order chi connectivity index (χ0) is 34.8. The predicted molar refractivity (Wildman–Crippen MR) is 199 cm³/mol. The minimum atomic E-state index is -0.494. The van der Waals surface area contributed by atoms with E-state index in [2.05, 4.69) is 57.8 Å². The highest BCUT2D eigenvalue weighted by molar-refractivity contribution is 6.35. The lowest BCUT2D eigenvalue weighted by Crippen LogP contribution is -2.47. The third-order valence-electron chi connectivity index (χ3n) is 10.0. The first-order valence-corrected chi connectivity index (χ1v) is 18.4. The summed E-state index contributed by atoms with van der Waals surface area (Å²) in [7, 11) is 0. The molecule has 1 aliphatic carbocycles. The summed E-state index contributed by atoms with van der Waals surface area (Å²) in [6.45, 7) is 19.7. The number of hydrogen-bond donors (Lipinski definition) is 1. The minimum absolute atomic E-state index is 0.325. The molecule has 1 saturated carbocycles. The zero-order valence-corrected chi connectivity index (χ0v) is 30.9. The molecular weight excluding hydrogens is 655 g/mol. The number of anilines is 1. The monoisotopic (exact) mass is 704 g/mol. The second-order valence-corrected chi connectivity index (χ2v) is 16.2. The number of halogens is 2. The molecule has 0 atom stereocenters. The number of benzene rings is 1. The fourth-order valence-electron chi connectivity index (χ4n) is 6.81. The van der Waals surface area contributed by atoms with Crippen LogP contribution in [0.4, 0.5) is 10.6 Å². The van der Waals surface area contributed by atoms with Crippen LogP contribution in [0.15, 0.2) is 60.9 Å². The lowest BCUT2D eigenvalue weighted by Gasteiger charge is -2.39. The molecular formula is C39H50Cl2N6O2. The number of nitrogens with one attached hydrogen (secondary N) is 1. The van der Waals surface area contributed by atoms with E-state index in [9.17, 15) is 4.79 Å². The Bertz CT molecular complexity index is 1620. The molecule has 1 aromatic carbocycles. The van der Waals surface area contributed by atoms with E-state index in [1.165, 1.54) is 24.1 Å². The summed E-state index contributed by atoms with van der Waals surface area (Å²) in [5, 5.41) is 4.13. The second-order valence-electron chi connectivity index (χ2n) is 15.3. The third-order valence-corrected chi connectivity index (χ3v) is 10.5. The first-order valence-electron chi connectivity index (χ1n) is 17.6. The Labute approximate surface area is 301 Å². The number of hydrogen-bond acceptors (Lipinski definition) is 7. The zero-order valence-electron chi connectivity index (χ0n) is 29.4. The number of ether oxygens (including phenoxy) is 1. The number of amides is 1. The minimum Gasteiger partial charge on any atom is -0.444 e. The van der Waals surface area contributed by atoms with Crippen molar-refractivity contribution < 1.29 is 9.53 Å². The summed E-state index contributed by atoms with van der Waals surface area (Å²) in [4.78, 5) is 29.4. The van der Waals surface area contributed by atoms with Crippen LogP contribution < -0.4 is 10.2 Å². The number of piperidine rings is 1. The Morgan fingerprint density at radius 1 is 0.980 bits per heavy atom. The maximum absolute atomic E-state index is 12.1. The van der Waals surface area contributed by atoms with Crippen molar-refractivity contribution in [2.24, 2.45) is 11.3 Å². The van der Waals surface area contributed by atoms with E-state index in [1.807, 2.05) is 39.1 Å². The Hall–Kier alpha value is -3.33. The summed E-state index contributed by atoms with van der Waals surface area (Å²) >= 11 is 12.8. The topological polar surface area (TPSA) is 73.8 Å². The van der Waals surface area contributed by atoms with Crippen molar-refractivity contribution in [2.75, 3.05) is 50.7 Å². The van der Waals surface area contributed by atoms with Crippen molar-refractivity contribution in [3.05, 3.63) is 87.8 Å². The molecule has 3 fully saturated rings. The average Bonchev–Trinajstić information content (AvgIpc) is 3.81. The van der Waals surface area contributed by atoms with Crippen LogP contribution in [0.5, 0.6) is 0 Å². The van der Waals surface area contributed by atoms with Crippen LogP contribution in [0.2, 0.25) is 10.0 Å². The molecule has 0 bridgehead atoms. The molecule has 2 aliphatic heterocycles. The summed E-state index contributed by atoms with van der Waals surface area (Å²) in [5.41, 5.74) is 6.20. The fraction of sp³-hybridized carbons (Fsp3) is 0.513. The van der Waals surface area contributed by atoms with Crippen molar-refractivity contribution in [2.45, 2.75) is 71.9 Å². The summed E-state index contributed by atoms with van der Waals surface area (Å²) in [6.07, 6.45) is 6.88. The number of nitrogens with zero attached hydrogens (tertiary/aromatic N) is 5. The van der Waals surface area contributed by atoms with Gasteiger partial charge in [-0.1, -0.05) is 42.8 Å². The highest BCUT2D eigenvalue weighted by atomic mass is 35.5. The van der Waals surface area contributed by atoms with Crippen LogP contribution in [0.25, 0.3) is 11.3 Å². The van der Waals surface area contributed by atoms with Gasteiger partial charge in [0.05, 0.1) is 5.69 Å². The summed E-state index contributed by atoms with van der Waals surface area (Å²) in [6, 6.07) is 14.3. The van der Waals surface area contributed by atoms with E-state index >= 15 is 0 Å². The van der Waals surface area contributed by atoms with Crippen LogP contribution in [0.1, 0.15) is 70.2 Å². The average molecular weight is 706 g/mol. The van der Waals surface area contributed by atoms with Gasteiger partial charge in [-0.15, -0.1) is 0 Å². The van der Waals surface area contributed by atoms with Crippen LogP contribution >= 0.6 is 23.2 Å². The highest BCUT2D eigenvalue weighted by Crippen LogP contribution is 2.51. The van der Waals surface area contributed by atoms with Gasteiger partial charge in [0.25, 0.3) is 0 Å². The molecule has 49 heavy (non-hydrogen) atoms. The van der Waals surface area contributed by atoms with E-state index in [4.69, 9.17) is 37.9 Å². The lowest BCUT2D eigenvalue weighted by atomic mass is 9.96. The number of rotatable bonds is 10. The molecule has 2 aromatic heterocycles. The summed E-state index contributed by atoms with van der Waals surface area (Å²) in [5.74, 6) is 1.46. The molecule has 10 heteroatoms. The first-order chi connectivity index (χ1) is 23.3. The Morgan fingerprint density at radius 2 is 1.67 bits per heavy atom. The Morgan fingerprint density at radius 3 is 2.29 bits per heavy atom. The van der Waals surface area contributed by atoms with Crippen molar-refractivity contribution in [1.82, 2.24) is 25.1 Å². The van der Waals surface area contributed by atoms with Crippen LogP contribution in [0.3, 0.4) is 0 Å². The number of likely N-dealkylation sites (tertiary alicyclic amines) is 1. The van der Waals surface area contributed by atoms with Gasteiger partial charge >= 0.3 is 6.09 Å². The lowest BCUT2D eigenvalue weighted by molar-refractivity contribution is 0.0509. The van der Waals surface area contributed by atoms with Crippen LogP contribution in [-0.2, 0) is 17.7 Å². The number of piperazine rings is 1. The third kappa shape index (κ3) is 9.68. The van der Waals surface area contributed by atoms with E-state index in [-0.39, 0.29) is 6.09 Å². The van der Waals surface area contributed by atoms with Gasteiger partial charge in [0.15, 0.2) is 0 Å². The van der Waals surface area contributed by atoms with Gasteiger partial charge in [-0.05, 0) is 113 Å². The van der Waals surface area contributed by atoms with Gasteiger partial charge in [-0.2, -0.15) is 0 Å². The van der Waals surface area contributed by atoms with Crippen molar-refractivity contribution >= 4 is 35.1 Å². The number of aromatic nitrogens is 2. The van der Waals surface area contributed by atoms with Gasteiger partial charge in [0, 0.05) is 84.3 Å². The van der Waals surface area contributed by atoms with Gasteiger partial charge < -0.3 is 19.9 Å². The first kappa shape index (κ1) is 35.5. The fourth-order valence-corrected chi connectivity index (χ4v) is 7.34. The molecule has 3 aliphatic rings. The molecule has 1 amide bonds. The largest absolute Gasteiger partial charge is 0.444 e. The molecule has 0 unspecified atom stereocenters.